The van der Waals surface area contributed by atoms with Gasteiger partial charge < -0.3 is 9.30 Å². The quantitative estimate of drug-likeness (QED) is 0.484. The van der Waals surface area contributed by atoms with Crippen molar-refractivity contribution in [3.63, 3.8) is 0 Å². The Bertz CT molecular complexity index is 500. The second-order valence-corrected chi connectivity index (χ2v) is 8.52. The summed E-state index contributed by atoms with van der Waals surface area (Å²) >= 11 is 3.41. The van der Waals surface area contributed by atoms with Crippen LogP contribution in [0, 0.1) is 0 Å². The molecular weight excluding hydrogens is 298 g/mol. The number of nitrogens with zero attached hydrogens (tertiary/aromatic N) is 3. The number of ether oxygens (including phenoxy) is 1. The van der Waals surface area contributed by atoms with E-state index in [4.69, 9.17) is 4.74 Å². The van der Waals surface area contributed by atoms with Crippen molar-refractivity contribution < 1.29 is 4.74 Å². The van der Waals surface area contributed by atoms with E-state index < -0.39 is 8.80 Å². The normalized spacial score (nSPS) is 11.5. The number of hydrogen-bond donors (Lipinski definition) is 0. The van der Waals surface area contributed by atoms with Crippen LogP contribution in [0.25, 0.3) is 11.0 Å². The minimum absolute atomic E-state index is 0.506. The Balaban J connectivity index is 2.02. The summed E-state index contributed by atoms with van der Waals surface area (Å²) in [7, 11) is -0.506. The first-order valence-corrected chi connectivity index (χ1v) is 9.63. The molecule has 0 N–H and O–H groups in total. The van der Waals surface area contributed by atoms with E-state index in [9.17, 15) is 0 Å². The molecule has 0 radical (unpaired) electrons. The Morgan fingerprint density at radius 1 is 1.41 bits per heavy atom. The second kappa shape index (κ2) is 5.75. The van der Waals surface area contributed by atoms with Gasteiger partial charge in [0.1, 0.15) is 23.3 Å². The summed E-state index contributed by atoms with van der Waals surface area (Å²) in [5, 5.41) is 1.02. The summed E-state index contributed by atoms with van der Waals surface area (Å²) in [4.78, 5) is 8.36. The van der Waals surface area contributed by atoms with Crippen LogP contribution in [-0.4, -0.2) is 29.9 Å². The van der Waals surface area contributed by atoms with E-state index >= 15 is 0 Å². The van der Waals surface area contributed by atoms with Gasteiger partial charge in [-0.05, 0) is 28.0 Å². The van der Waals surface area contributed by atoms with E-state index in [2.05, 4.69) is 39.0 Å². The fourth-order valence-electron chi connectivity index (χ4n) is 1.56. The molecule has 0 fully saturated rings. The molecular formula is C11H16BrN3OSi. The maximum atomic E-state index is 5.66. The highest BCUT2D eigenvalue weighted by atomic mass is 79.9. The highest BCUT2D eigenvalue weighted by molar-refractivity contribution is 9.10. The van der Waals surface area contributed by atoms with Gasteiger partial charge >= 0.3 is 0 Å². The molecule has 0 aliphatic carbocycles. The molecule has 4 nitrogen and oxygen atoms in total. The number of fused-ring (bicyclic) bond motifs is 1. The molecule has 0 aliphatic heterocycles. The molecule has 0 atom stereocenters. The van der Waals surface area contributed by atoms with Crippen molar-refractivity contribution in [1.29, 1.82) is 0 Å². The van der Waals surface area contributed by atoms with E-state index in [0.717, 1.165) is 22.2 Å². The lowest BCUT2D eigenvalue weighted by molar-refractivity contribution is 0.0902. The van der Waals surface area contributed by atoms with Crippen LogP contribution >= 0.6 is 15.9 Å². The molecule has 17 heavy (non-hydrogen) atoms. The van der Waals surface area contributed by atoms with Gasteiger partial charge in [0.2, 0.25) is 0 Å². The Kier molecular flexibility index (Phi) is 4.30. The topological polar surface area (TPSA) is 39.9 Å². The second-order valence-electron chi connectivity index (χ2n) is 4.41. The van der Waals surface area contributed by atoms with Crippen LogP contribution in [-0.2, 0) is 11.5 Å². The zero-order valence-corrected chi connectivity index (χ0v) is 12.8. The average Bonchev–Trinajstić information content (AvgIpc) is 2.69. The summed E-state index contributed by atoms with van der Waals surface area (Å²) < 4.78 is 8.49. The molecule has 2 rings (SSSR count). The Hall–Kier alpha value is -0.723. The van der Waals surface area contributed by atoms with Gasteiger partial charge in [-0.25, -0.2) is 9.97 Å². The highest BCUT2D eigenvalue weighted by Gasteiger charge is 2.06. The third-order valence-electron chi connectivity index (χ3n) is 2.58. The minimum Gasteiger partial charge on any atom is -0.361 e. The zero-order valence-electron chi connectivity index (χ0n) is 10.1. The van der Waals surface area contributed by atoms with Gasteiger partial charge in [0, 0.05) is 21.6 Å². The van der Waals surface area contributed by atoms with Crippen LogP contribution in [0.4, 0.5) is 0 Å². The van der Waals surface area contributed by atoms with Gasteiger partial charge in [0.05, 0.1) is 5.39 Å². The zero-order chi connectivity index (χ0) is 12.3. The molecule has 2 heterocycles. The summed E-state index contributed by atoms with van der Waals surface area (Å²) in [5.41, 5.74) is 0.911. The van der Waals surface area contributed by atoms with E-state index in [1.165, 1.54) is 6.04 Å². The summed E-state index contributed by atoms with van der Waals surface area (Å²) in [5.74, 6) is 0. The molecule has 92 valence electrons. The Labute approximate surface area is 111 Å². The van der Waals surface area contributed by atoms with Gasteiger partial charge in [0.25, 0.3) is 0 Å². The first kappa shape index (κ1) is 12.7. The average molecular weight is 314 g/mol. The fourth-order valence-corrected chi connectivity index (χ4v) is 2.60. The largest absolute Gasteiger partial charge is 0.361 e. The molecule has 0 aromatic carbocycles. The molecule has 0 amide bonds. The van der Waals surface area contributed by atoms with Crippen molar-refractivity contribution in [3.8, 4) is 0 Å². The van der Waals surface area contributed by atoms with E-state index in [0.29, 0.717) is 6.73 Å². The smallest absolute Gasteiger partial charge is 0.146 e. The van der Waals surface area contributed by atoms with Gasteiger partial charge in [-0.2, -0.15) is 0 Å². The monoisotopic (exact) mass is 313 g/mol. The standard InChI is InChI=1S/C11H16BrN3OSi/c1-17(2)6-5-16-8-15-4-3-9-10(12)13-7-14-11(9)15/h3-4,7,17H,5-6,8H2,1-2H3. The lowest BCUT2D eigenvalue weighted by Crippen LogP contribution is -2.08. The van der Waals surface area contributed by atoms with E-state index in [1.54, 1.807) is 6.33 Å². The predicted molar refractivity (Wildman–Crippen MR) is 74.9 cm³/mol. The first-order valence-electron chi connectivity index (χ1n) is 5.71. The summed E-state index contributed by atoms with van der Waals surface area (Å²) in [6, 6.07) is 3.22. The first-order chi connectivity index (χ1) is 8.18. The van der Waals surface area contributed by atoms with Gasteiger partial charge in [-0.1, -0.05) is 13.1 Å². The molecule has 0 aliphatic rings. The number of rotatable bonds is 5. The predicted octanol–water partition coefficient (Wildman–Crippen LogP) is 2.65. The highest BCUT2D eigenvalue weighted by Crippen LogP contribution is 2.20. The number of hydrogen-bond acceptors (Lipinski definition) is 3. The van der Waals surface area contributed by atoms with Crippen LogP contribution in [0.5, 0.6) is 0 Å². The minimum atomic E-state index is -0.506. The van der Waals surface area contributed by atoms with Crippen LogP contribution < -0.4 is 0 Å². The summed E-state index contributed by atoms with van der Waals surface area (Å²) in [6.45, 7) is 6.07. The van der Waals surface area contributed by atoms with Crippen molar-refractivity contribution in [2.75, 3.05) is 6.61 Å². The maximum absolute atomic E-state index is 5.66. The van der Waals surface area contributed by atoms with Gasteiger partial charge in [-0.3, -0.25) is 0 Å². The fraction of sp³-hybridized carbons (Fsp3) is 0.455. The van der Waals surface area contributed by atoms with Crippen LogP contribution in [0.15, 0.2) is 23.2 Å². The maximum Gasteiger partial charge on any atom is 0.146 e. The lowest BCUT2D eigenvalue weighted by atomic mass is 10.4. The van der Waals surface area contributed by atoms with Crippen molar-refractivity contribution in [3.05, 3.63) is 23.2 Å². The number of halogens is 1. The van der Waals surface area contributed by atoms with Crippen LogP contribution in [0.3, 0.4) is 0 Å². The van der Waals surface area contributed by atoms with Crippen molar-refractivity contribution in [1.82, 2.24) is 14.5 Å². The van der Waals surface area contributed by atoms with Gasteiger partial charge in [0.15, 0.2) is 0 Å². The molecule has 2 aromatic rings. The van der Waals surface area contributed by atoms with Crippen molar-refractivity contribution in [2.45, 2.75) is 25.9 Å². The Morgan fingerprint density at radius 3 is 3.00 bits per heavy atom. The van der Waals surface area contributed by atoms with Gasteiger partial charge in [-0.15, -0.1) is 0 Å². The molecule has 6 heteroatoms. The number of aromatic nitrogens is 3. The molecule has 0 spiro atoms. The van der Waals surface area contributed by atoms with E-state index in [-0.39, 0.29) is 0 Å². The lowest BCUT2D eigenvalue weighted by Gasteiger charge is -2.07. The third-order valence-corrected chi connectivity index (χ3v) is 4.60. The van der Waals surface area contributed by atoms with Crippen molar-refractivity contribution >= 4 is 35.8 Å². The molecule has 0 unspecified atom stereocenters. The van der Waals surface area contributed by atoms with Crippen LogP contribution in [0.2, 0.25) is 19.1 Å². The van der Waals surface area contributed by atoms with E-state index in [1.807, 2.05) is 16.8 Å². The molecule has 0 bridgehead atoms. The molecule has 2 aromatic heterocycles. The molecule has 0 saturated carbocycles. The van der Waals surface area contributed by atoms with Crippen molar-refractivity contribution in [2.24, 2.45) is 0 Å². The summed E-state index contributed by atoms with van der Waals surface area (Å²) in [6.07, 6.45) is 3.54. The van der Waals surface area contributed by atoms with Crippen LogP contribution in [0.1, 0.15) is 0 Å². The third kappa shape index (κ3) is 3.14. The SMILES string of the molecule is C[SiH](C)CCOCn1ccc2c(Br)ncnc21. The molecule has 0 saturated heterocycles. The Morgan fingerprint density at radius 2 is 2.24 bits per heavy atom.